The molecule has 2 aromatic rings. The molecule has 0 spiro atoms. The Morgan fingerprint density at radius 1 is 1.06 bits per heavy atom. The lowest BCUT2D eigenvalue weighted by Crippen LogP contribution is -2.43. The van der Waals surface area contributed by atoms with Gasteiger partial charge in [-0.1, -0.05) is 24.3 Å². The number of aryl methyl sites for hydroxylation is 1. The average Bonchev–Trinajstić information content (AvgIpc) is 2.36. The van der Waals surface area contributed by atoms with Crippen LogP contribution in [-0.2, 0) is 5.54 Å². The number of hydrogen-bond donors (Lipinski definition) is 1. The number of hydrogen-bond acceptors (Lipinski definition) is 3. The zero-order valence-corrected chi connectivity index (χ0v) is 10.6. The third-order valence-corrected chi connectivity index (χ3v) is 3.78. The number of nitrogens with one attached hydrogen (secondary N) is 1. The monoisotopic (exact) mass is 239 g/mol. The predicted octanol–water partition coefficient (Wildman–Crippen LogP) is 3.28. The van der Waals surface area contributed by atoms with Crippen LogP contribution in [0.2, 0.25) is 0 Å². The smallest absolute Gasteiger partial charge is 0.223 e. The first-order chi connectivity index (χ1) is 8.80. The minimum absolute atomic E-state index is 0.0344. The largest absolute Gasteiger partial charge is 0.345 e. The summed E-state index contributed by atoms with van der Waals surface area (Å²) in [6.07, 6.45) is 7.11. The number of nitrogens with zero attached hydrogens (tertiary/aromatic N) is 2. The molecule has 0 radical (unpaired) electrons. The van der Waals surface area contributed by atoms with Gasteiger partial charge in [0.25, 0.3) is 0 Å². The molecule has 0 amide bonds. The van der Waals surface area contributed by atoms with Gasteiger partial charge in [-0.05, 0) is 43.4 Å². The fourth-order valence-corrected chi connectivity index (χ4v) is 2.68. The second-order valence-electron chi connectivity index (χ2n) is 4.95. The zero-order valence-electron chi connectivity index (χ0n) is 10.6. The molecule has 1 aromatic heterocycles. The van der Waals surface area contributed by atoms with Crippen LogP contribution in [0.15, 0.2) is 42.7 Å². The Bertz CT molecular complexity index is 532. The number of anilines is 1. The van der Waals surface area contributed by atoms with E-state index in [9.17, 15) is 0 Å². The standard InChI is InChI=1S/C15H17N3/c1-12-6-2-3-7-13(12)15(8-4-9-15)18-14-16-10-5-11-17-14/h2-3,5-7,10-11H,4,8-9H2,1H3,(H,16,17,18). The second-order valence-corrected chi connectivity index (χ2v) is 4.95. The van der Waals surface area contributed by atoms with Gasteiger partial charge in [-0.3, -0.25) is 0 Å². The maximum atomic E-state index is 4.28. The Morgan fingerprint density at radius 3 is 2.39 bits per heavy atom. The van der Waals surface area contributed by atoms with Crippen molar-refractivity contribution in [3.63, 3.8) is 0 Å². The summed E-state index contributed by atoms with van der Waals surface area (Å²) in [6.45, 7) is 2.17. The van der Waals surface area contributed by atoms with Crippen molar-refractivity contribution in [1.82, 2.24) is 9.97 Å². The SMILES string of the molecule is Cc1ccccc1C1(Nc2ncccn2)CCC1. The van der Waals surface area contributed by atoms with Crippen molar-refractivity contribution in [1.29, 1.82) is 0 Å². The second kappa shape index (κ2) is 4.41. The fourth-order valence-electron chi connectivity index (χ4n) is 2.68. The molecule has 1 aliphatic rings. The van der Waals surface area contributed by atoms with E-state index in [0.717, 1.165) is 18.8 Å². The van der Waals surface area contributed by atoms with Crippen LogP contribution in [0.3, 0.4) is 0 Å². The first-order valence-corrected chi connectivity index (χ1v) is 6.41. The van der Waals surface area contributed by atoms with Crippen LogP contribution in [0.1, 0.15) is 30.4 Å². The molecule has 0 saturated heterocycles. The molecule has 0 bridgehead atoms. The molecule has 1 aromatic carbocycles. The molecule has 0 unspecified atom stereocenters. The third-order valence-electron chi connectivity index (χ3n) is 3.78. The minimum atomic E-state index is 0.0344. The summed E-state index contributed by atoms with van der Waals surface area (Å²) in [6, 6.07) is 10.4. The Labute approximate surface area is 107 Å². The summed E-state index contributed by atoms with van der Waals surface area (Å²) in [7, 11) is 0. The van der Waals surface area contributed by atoms with Gasteiger partial charge in [0.05, 0.1) is 5.54 Å². The molecular weight excluding hydrogens is 222 g/mol. The molecular formula is C15H17N3. The molecule has 18 heavy (non-hydrogen) atoms. The van der Waals surface area contributed by atoms with Gasteiger partial charge in [0.15, 0.2) is 0 Å². The van der Waals surface area contributed by atoms with E-state index in [1.807, 2.05) is 6.07 Å². The summed E-state index contributed by atoms with van der Waals surface area (Å²) in [5.41, 5.74) is 2.75. The fraction of sp³-hybridized carbons (Fsp3) is 0.333. The lowest BCUT2D eigenvalue weighted by Gasteiger charge is -2.44. The van der Waals surface area contributed by atoms with E-state index in [4.69, 9.17) is 0 Å². The van der Waals surface area contributed by atoms with Crippen molar-refractivity contribution in [3.05, 3.63) is 53.9 Å². The molecule has 3 nitrogen and oxygen atoms in total. The van der Waals surface area contributed by atoms with Gasteiger partial charge in [-0.25, -0.2) is 9.97 Å². The van der Waals surface area contributed by atoms with Gasteiger partial charge in [-0.2, -0.15) is 0 Å². The van der Waals surface area contributed by atoms with Crippen LogP contribution >= 0.6 is 0 Å². The maximum absolute atomic E-state index is 4.28. The van der Waals surface area contributed by atoms with Crippen LogP contribution in [-0.4, -0.2) is 9.97 Å². The first-order valence-electron chi connectivity index (χ1n) is 6.41. The number of rotatable bonds is 3. The molecule has 1 fully saturated rings. The number of aromatic nitrogens is 2. The van der Waals surface area contributed by atoms with Crippen molar-refractivity contribution in [2.24, 2.45) is 0 Å². The Morgan fingerprint density at radius 2 is 1.78 bits per heavy atom. The van der Waals surface area contributed by atoms with E-state index in [1.54, 1.807) is 12.4 Å². The molecule has 3 rings (SSSR count). The quantitative estimate of drug-likeness (QED) is 0.893. The van der Waals surface area contributed by atoms with E-state index in [2.05, 4.69) is 46.5 Å². The molecule has 92 valence electrons. The third kappa shape index (κ3) is 1.86. The summed E-state index contributed by atoms with van der Waals surface area (Å²) >= 11 is 0. The summed E-state index contributed by atoms with van der Waals surface area (Å²) in [4.78, 5) is 8.56. The van der Waals surface area contributed by atoms with Crippen LogP contribution in [0.4, 0.5) is 5.95 Å². The maximum Gasteiger partial charge on any atom is 0.223 e. The van der Waals surface area contributed by atoms with Gasteiger partial charge in [0.1, 0.15) is 0 Å². The average molecular weight is 239 g/mol. The molecule has 0 atom stereocenters. The van der Waals surface area contributed by atoms with E-state index in [-0.39, 0.29) is 5.54 Å². The lowest BCUT2D eigenvalue weighted by atomic mass is 9.70. The van der Waals surface area contributed by atoms with Gasteiger partial charge >= 0.3 is 0 Å². The van der Waals surface area contributed by atoms with Crippen LogP contribution < -0.4 is 5.32 Å². The normalized spacial score (nSPS) is 16.9. The van der Waals surface area contributed by atoms with E-state index < -0.39 is 0 Å². The molecule has 0 aliphatic heterocycles. The number of benzene rings is 1. The van der Waals surface area contributed by atoms with E-state index >= 15 is 0 Å². The molecule has 3 heteroatoms. The van der Waals surface area contributed by atoms with Crippen LogP contribution in [0.5, 0.6) is 0 Å². The van der Waals surface area contributed by atoms with Crippen molar-refractivity contribution in [2.45, 2.75) is 31.7 Å². The van der Waals surface area contributed by atoms with Crippen molar-refractivity contribution >= 4 is 5.95 Å². The van der Waals surface area contributed by atoms with Gasteiger partial charge < -0.3 is 5.32 Å². The van der Waals surface area contributed by atoms with Crippen LogP contribution in [0, 0.1) is 6.92 Å². The molecule has 1 aliphatic carbocycles. The summed E-state index contributed by atoms with van der Waals surface area (Å²) < 4.78 is 0. The predicted molar refractivity (Wildman–Crippen MR) is 72.4 cm³/mol. The van der Waals surface area contributed by atoms with E-state index in [1.165, 1.54) is 17.5 Å². The zero-order chi connectivity index (χ0) is 12.4. The van der Waals surface area contributed by atoms with Crippen molar-refractivity contribution < 1.29 is 0 Å². The Balaban J connectivity index is 1.94. The van der Waals surface area contributed by atoms with Gasteiger partial charge in [0, 0.05) is 12.4 Å². The van der Waals surface area contributed by atoms with Crippen LogP contribution in [0.25, 0.3) is 0 Å². The van der Waals surface area contributed by atoms with Crippen molar-refractivity contribution in [2.75, 3.05) is 5.32 Å². The minimum Gasteiger partial charge on any atom is -0.345 e. The first kappa shape index (κ1) is 11.2. The lowest BCUT2D eigenvalue weighted by molar-refractivity contribution is 0.281. The highest BCUT2D eigenvalue weighted by Gasteiger charge is 2.40. The van der Waals surface area contributed by atoms with Crippen molar-refractivity contribution in [3.8, 4) is 0 Å². The topological polar surface area (TPSA) is 37.8 Å². The molecule has 1 N–H and O–H groups in total. The van der Waals surface area contributed by atoms with Gasteiger partial charge in [0.2, 0.25) is 5.95 Å². The summed E-state index contributed by atoms with van der Waals surface area (Å²) in [5, 5.41) is 3.53. The highest BCUT2D eigenvalue weighted by Crippen LogP contribution is 2.44. The Kier molecular flexibility index (Phi) is 2.74. The molecule has 1 saturated carbocycles. The molecule has 1 heterocycles. The van der Waals surface area contributed by atoms with E-state index in [0.29, 0.717) is 0 Å². The van der Waals surface area contributed by atoms with Gasteiger partial charge in [-0.15, -0.1) is 0 Å². The summed E-state index contributed by atoms with van der Waals surface area (Å²) in [5.74, 6) is 0.723. The highest BCUT2D eigenvalue weighted by molar-refractivity contribution is 5.42. The Hall–Kier alpha value is -1.90. The highest BCUT2D eigenvalue weighted by atomic mass is 15.1.